The van der Waals surface area contributed by atoms with Gasteiger partial charge < -0.3 is 4.74 Å². The van der Waals surface area contributed by atoms with Crippen LogP contribution >= 0.6 is 0 Å². The number of hydrogen-bond acceptors (Lipinski definition) is 2. The summed E-state index contributed by atoms with van der Waals surface area (Å²) in [7, 11) is 0. The van der Waals surface area contributed by atoms with E-state index in [1.165, 1.54) is 0 Å². The second-order valence-corrected chi connectivity index (χ2v) is 3.86. The first kappa shape index (κ1) is 9.36. The van der Waals surface area contributed by atoms with E-state index in [-0.39, 0.29) is 5.56 Å². The van der Waals surface area contributed by atoms with Crippen molar-refractivity contribution in [2.24, 2.45) is 0 Å². The van der Waals surface area contributed by atoms with Crippen molar-refractivity contribution in [1.29, 1.82) is 0 Å². The van der Waals surface area contributed by atoms with E-state index >= 15 is 0 Å². The molecule has 1 aliphatic rings. The number of nitrogens with zero attached hydrogens (tertiary/aromatic N) is 1. The summed E-state index contributed by atoms with van der Waals surface area (Å²) in [4.78, 5) is 11.9. The first-order valence-electron chi connectivity index (χ1n) is 5.22. The molecule has 0 bridgehead atoms. The normalized spacial score (nSPS) is 13.8. The first-order chi connectivity index (χ1) is 7.84. The van der Waals surface area contributed by atoms with Gasteiger partial charge in [0.15, 0.2) is 0 Å². The molecule has 1 aromatic heterocycles. The van der Waals surface area contributed by atoms with Gasteiger partial charge in [-0.25, -0.2) is 0 Å². The molecule has 1 aromatic carbocycles. The van der Waals surface area contributed by atoms with E-state index in [0.29, 0.717) is 13.2 Å². The van der Waals surface area contributed by atoms with Crippen LogP contribution in [-0.4, -0.2) is 4.57 Å². The van der Waals surface area contributed by atoms with E-state index < -0.39 is 0 Å². The maximum absolute atomic E-state index is 11.9. The van der Waals surface area contributed by atoms with Gasteiger partial charge in [-0.15, -0.1) is 0 Å². The largest absolute Gasteiger partial charge is 0.372 e. The van der Waals surface area contributed by atoms with Crippen molar-refractivity contribution in [1.82, 2.24) is 4.57 Å². The highest BCUT2D eigenvalue weighted by Crippen LogP contribution is 2.18. The zero-order valence-electron chi connectivity index (χ0n) is 8.72. The number of rotatable bonds is 1. The summed E-state index contributed by atoms with van der Waals surface area (Å²) < 4.78 is 6.97. The minimum Gasteiger partial charge on any atom is -0.372 e. The Labute approximate surface area is 92.9 Å². The highest BCUT2D eigenvalue weighted by Gasteiger charge is 2.13. The summed E-state index contributed by atoms with van der Waals surface area (Å²) in [5, 5.41) is 0. The molecule has 2 heterocycles. The van der Waals surface area contributed by atoms with Crippen LogP contribution in [0.5, 0.6) is 0 Å². The van der Waals surface area contributed by atoms with Crippen LogP contribution in [-0.2, 0) is 18.0 Å². The summed E-state index contributed by atoms with van der Waals surface area (Å²) in [5.74, 6) is 0. The standard InChI is InChI=1S/C13H11NO2/c15-13-6-10-8-16-9-11(10)7-14(13)12-4-2-1-3-5-12/h1-7H,8-9H2. The van der Waals surface area contributed by atoms with Crippen LogP contribution in [0.3, 0.4) is 0 Å². The van der Waals surface area contributed by atoms with Crippen LogP contribution in [0.4, 0.5) is 0 Å². The monoisotopic (exact) mass is 213 g/mol. The van der Waals surface area contributed by atoms with Crippen LogP contribution in [0.25, 0.3) is 5.69 Å². The molecule has 0 saturated carbocycles. The molecule has 0 saturated heterocycles. The summed E-state index contributed by atoms with van der Waals surface area (Å²) in [6.07, 6.45) is 1.88. The van der Waals surface area contributed by atoms with Gasteiger partial charge in [-0.05, 0) is 17.7 Å². The Morgan fingerprint density at radius 1 is 1.06 bits per heavy atom. The fourth-order valence-electron chi connectivity index (χ4n) is 1.94. The summed E-state index contributed by atoms with van der Waals surface area (Å²) in [6, 6.07) is 11.3. The molecular formula is C13H11NO2. The molecule has 0 atom stereocenters. The molecule has 2 aromatic rings. The van der Waals surface area contributed by atoms with Crippen LogP contribution < -0.4 is 5.56 Å². The zero-order valence-corrected chi connectivity index (χ0v) is 8.72. The van der Waals surface area contributed by atoms with Gasteiger partial charge in [0.05, 0.1) is 13.2 Å². The molecule has 3 nitrogen and oxygen atoms in total. The molecule has 1 aliphatic heterocycles. The first-order valence-corrected chi connectivity index (χ1v) is 5.22. The average Bonchev–Trinajstić information content (AvgIpc) is 2.76. The molecule has 0 N–H and O–H groups in total. The van der Waals surface area contributed by atoms with Crippen LogP contribution in [0.1, 0.15) is 11.1 Å². The topological polar surface area (TPSA) is 31.2 Å². The number of pyridine rings is 1. The van der Waals surface area contributed by atoms with Crippen molar-refractivity contribution in [2.75, 3.05) is 0 Å². The second-order valence-electron chi connectivity index (χ2n) is 3.86. The van der Waals surface area contributed by atoms with Gasteiger partial charge in [0.1, 0.15) is 0 Å². The lowest BCUT2D eigenvalue weighted by Crippen LogP contribution is -2.17. The van der Waals surface area contributed by atoms with Gasteiger partial charge in [-0.3, -0.25) is 9.36 Å². The van der Waals surface area contributed by atoms with Gasteiger partial charge in [0, 0.05) is 23.5 Å². The minimum absolute atomic E-state index is 0.00421. The van der Waals surface area contributed by atoms with Crippen LogP contribution in [0, 0.1) is 0 Å². The molecule has 0 radical (unpaired) electrons. The van der Waals surface area contributed by atoms with E-state index in [1.54, 1.807) is 10.6 Å². The Kier molecular flexibility index (Phi) is 2.11. The molecule has 3 heteroatoms. The van der Waals surface area contributed by atoms with Gasteiger partial charge >= 0.3 is 0 Å². The number of hydrogen-bond donors (Lipinski definition) is 0. The molecule has 0 amide bonds. The summed E-state index contributed by atoms with van der Waals surface area (Å²) in [5.41, 5.74) is 3.00. The van der Waals surface area contributed by atoms with E-state index in [0.717, 1.165) is 16.8 Å². The lowest BCUT2D eigenvalue weighted by Gasteiger charge is -2.06. The lowest BCUT2D eigenvalue weighted by atomic mass is 10.2. The Balaban J connectivity index is 2.19. The van der Waals surface area contributed by atoms with E-state index in [2.05, 4.69) is 0 Å². The summed E-state index contributed by atoms with van der Waals surface area (Å²) in [6.45, 7) is 1.16. The molecular weight excluding hydrogens is 202 g/mol. The van der Waals surface area contributed by atoms with E-state index in [1.807, 2.05) is 36.5 Å². The Morgan fingerprint density at radius 3 is 2.62 bits per heavy atom. The quantitative estimate of drug-likeness (QED) is 0.724. The number of para-hydroxylation sites is 1. The number of fused-ring (bicyclic) bond motifs is 1. The third-order valence-electron chi connectivity index (χ3n) is 2.78. The average molecular weight is 213 g/mol. The zero-order chi connectivity index (χ0) is 11.0. The van der Waals surface area contributed by atoms with E-state index in [4.69, 9.17) is 4.74 Å². The van der Waals surface area contributed by atoms with Crippen LogP contribution in [0.2, 0.25) is 0 Å². The van der Waals surface area contributed by atoms with Gasteiger partial charge in [0.2, 0.25) is 0 Å². The molecule has 0 unspecified atom stereocenters. The third-order valence-corrected chi connectivity index (χ3v) is 2.78. The van der Waals surface area contributed by atoms with Crippen LogP contribution in [0.15, 0.2) is 47.4 Å². The predicted molar refractivity (Wildman–Crippen MR) is 60.5 cm³/mol. The van der Waals surface area contributed by atoms with E-state index in [9.17, 15) is 4.79 Å². The Morgan fingerprint density at radius 2 is 1.81 bits per heavy atom. The summed E-state index contributed by atoms with van der Waals surface area (Å²) >= 11 is 0. The third kappa shape index (κ3) is 1.46. The van der Waals surface area contributed by atoms with Gasteiger partial charge in [-0.2, -0.15) is 0 Å². The molecule has 80 valence electrons. The Hall–Kier alpha value is -1.87. The highest BCUT2D eigenvalue weighted by molar-refractivity contribution is 5.35. The number of ether oxygens (including phenoxy) is 1. The Bertz CT molecular complexity index is 572. The SMILES string of the molecule is O=c1cc2c(cn1-c1ccccc1)COC2. The van der Waals surface area contributed by atoms with Crippen molar-refractivity contribution in [3.8, 4) is 5.69 Å². The van der Waals surface area contributed by atoms with Crippen molar-refractivity contribution in [3.05, 3.63) is 64.1 Å². The molecule has 0 spiro atoms. The fourth-order valence-corrected chi connectivity index (χ4v) is 1.94. The maximum Gasteiger partial charge on any atom is 0.255 e. The molecule has 3 rings (SSSR count). The highest BCUT2D eigenvalue weighted by atomic mass is 16.5. The molecule has 16 heavy (non-hydrogen) atoms. The van der Waals surface area contributed by atoms with Crippen molar-refractivity contribution < 1.29 is 4.74 Å². The number of aromatic nitrogens is 1. The van der Waals surface area contributed by atoms with Crippen molar-refractivity contribution in [2.45, 2.75) is 13.2 Å². The van der Waals surface area contributed by atoms with Crippen molar-refractivity contribution in [3.63, 3.8) is 0 Å². The van der Waals surface area contributed by atoms with Gasteiger partial charge in [-0.1, -0.05) is 18.2 Å². The fraction of sp³-hybridized carbons (Fsp3) is 0.154. The second kappa shape index (κ2) is 3.61. The smallest absolute Gasteiger partial charge is 0.255 e. The minimum atomic E-state index is -0.00421. The predicted octanol–water partition coefficient (Wildman–Crippen LogP) is 1.87. The number of benzene rings is 1. The van der Waals surface area contributed by atoms with Crippen molar-refractivity contribution >= 4 is 0 Å². The molecule has 0 fully saturated rings. The lowest BCUT2D eigenvalue weighted by molar-refractivity contribution is 0.134. The maximum atomic E-state index is 11.9. The molecule has 0 aliphatic carbocycles. The van der Waals surface area contributed by atoms with Gasteiger partial charge in [0.25, 0.3) is 5.56 Å².